The molecule has 0 amide bonds. The van der Waals surface area contributed by atoms with Gasteiger partial charge in [-0.15, -0.1) is 0 Å². The van der Waals surface area contributed by atoms with Gasteiger partial charge in [0.25, 0.3) is 0 Å². The van der Waals surface area contributed by atoms with Crippen molar-refractivity contribution in [3.63, 3.8) is 0 Å². The minimum Gasteiger partial charge on any atom is -0.508 e. The summed E-state index contributed by atoms with van der Waals surface area (Å²) < 4.78 is 4.86. The maximum absolute atomic E-state index is 10.2. The first-order chi connectivity index (χ1) is 10.4. The summed E-state index contributed by atoms with van der Waals surface area (Å²) in [6, 6.07) is 11.7. The molecule has 0 spiro atoms. The Morgan fingerprint density at radius 3 is 2.23 bits per heavy atom. The number of methoxy groups -OCH3 is 1. The Balaban J connectivity index is 0.000000255. The van der Waals surface area contributed by atoms with E-state index in [1.54, 1.807) is 24.3 Å². The van der Waals surface area contributed by atoms with E-state index in [4.69, 9.17) is 14.9 Å². The van der Waals surface area contributed by atoms with Crippen molar-refractivity contribution < 1.29 is 24.9 Å². The molecule has 0 saturated carbocycles. The molecule has 0 aromatic heterocycles. The standard InChI is InChI=1S/C10H10O4.C7H8O/c1-14-9-6-7(2-4-8(9)11)3-5-10(12)13;1-6-2-4-7(8)5-3-6/h2-6,11H,1H3,(H,12,13);2-5,8H,1H3/b5-3+;. The van der Waals surface area contributed by atoms with Crippen LogP contribution in [0.5, 0.6) is 17.2 Å². The summed E-state index contributed by atoms with van der Waals surface area (Å²) in [5.41, 5.74) is 1.82. The Hall–Kier alpha value is -2.95. The summed E-state index contributed by atoms with van der Waals surface area (Å²) in [5.74, 6) is -0.342. The predicted molar refractivity (Wildman–Crippen MR) is 84.2 cm³/mol. The van der Waals surface area contributed by atoms with Crippen molar-refractivity contribution in [1.82, 2.24) is 0 Å². The largest absolute Gasteiger partial charge is 0.508 e. The molecule has 0 heterocycles. The topological polar surface area (TPSA) is 87.0 Å². The van der Waals surface area contributed by atoms with Gasteiger partial charge in [-0.05, 0) is 42.8 Å². The number of hydrogen-bond acceptors (Lipinski definition) is 4. The smallest absolute Gasteiger partial charge is 0.328 e. The molecule has 0 aliphatic carbocycles. The molecule has 0 unspecified atom stereocenters. The highest BCUT2D eigenvalue weighted by Crippen LogP contribution is 2.26. The highest BCUT2D eigenvalue weighted by molar-refractivity contribution is 5.85. The van der Waals surface area contributed by atoms with Crippen molar-refractivity contribution in [3.8, 4) is 17.2 Å². The number of carboxylic acid groups (broad SMARTS) is 1. The first-order valence-corrected chi connectivity index (χ1v) is 6.46. The van der Waals surface area contributed by atoms with Gasteiger partial charge in [0.1, 0.15) is 5.75 Å². The second-order valence-corrected chi connectivity index (χ2v) is 4.44. The summed E-state index contributed by atoms with van der Waals surface area (Å²) in [5, 5.41) is 26.4. The van der Waals surface area contributed by atoms with Gasteiger partial charge in [-0.25, -0.2) is 4.79 Å². The van der Waals surface area contributed by atoms with Gasteiger partial charge < -0.3 is 20.1 Å². The van der Waals surface area contributed by atoms with Crippen molar-refractivity contribution >= 4 is 12.0 Å². The van der Waals surface area contributed by atoms with E-state index in [0.29, 0.717) is 17.1 Å². The first kappa shape index (κ1) is 17.1. The van der Waals surface area contributed by atoms with Crippen LogP contribution < -0.4 is 4.74 Å². The fourth-order valence-corrected chi connectivity index (χ4v) is 1.51. The normalized spacial score (nSPS) is 9.91. The lowest BCUT2D eigenvalue weighted by atomic mass is 10.2. The molecule has 5 nitrogen and oxygen atoms in total. The highest BCUT2D eigenvalue weighted by Gasteiger charge is 2.00. The lowest BCUT2D eigenvalue weighted by Crippen LogP contribution is -1.87. The number of carbonyl (C=O) groups is 1. The Kier molecular flexibility index (Phi) is 6.50. The third-order valence-electron chi connectivity index (χ3n) is 2.66. The van der Waals surface area contributed by atoms with Crippen LogP contribution >= 0.6 is 0 Å². The second-order valence-electron chi connectivity index (χ2n) is 4.44. The Morgan fingerprint density at radius 2 is 1.73 bits per heavy atom. The van der Waals surface area contributed by atoms with Crippen LogP contribution in [-0.4, -0.2) is 28.4 Å². The maximum atomic E-state index is 10.2. The highest BCUT2D eigenvalue weighted by atomic mass is 16.5. The van der Waals surface area contributed by atoms with Gasteiger partial charge in [-0.2, -0.15) is 0 Å². The number of phenols is 2. The average Bonchev–Trinajstić information content (AvgIpc) is 2.50. The van der Waals surface area contributed by atoms with Gasteiger partial charge >= 0.3 is 5.97 Å². The van der Waals surface area contributed by atoms with Gasteiger partial charge in [0.2, 0.25) is 0 Å². The van der Waals surface area contributed by atoms with Crippen molar-refractivity contribution in [2.24, 2.45) is 0 Å². The quantitative estimate of drug-likeness (QED) is 0.758. The lowest BCUT2D eigenvalue weighted by Gasteiger charge is -2.03. The number of phenolic OH excluding ortho intramolecular Hbond substituents is 2. The summed E-state index contributed by atoms with van der Waals surface area (Å²) in [4.78, 5) is 10.2. The molecule has 0 aliphatic rings. The minimum absolute atomic E-state index is 0.0278. The molecule has 0 fully saturated rings. The molecule has 0 aliphatic heterocycles. The van der Waals surface area contributed by atoms with E-state index in [-0.39, 0.29) is 5.75 Å². The third kappa shape index (κ3) is 6.00. The van der Waals surface area contributed by atoms with Crippen LogP contribution in [0, 0.1) is 6.92 Å². The maximum Gasteiger partial charge on any atom is 0.328 e. The fraction of sp³-hybridized carbons (Fsp3) is 0.118. The number of carboxylic acids is 1. The Morgan fingerprint density at radius 1 is 1.09 bits per heavy atom. The van der Waals surface area contributed by atoms with Crippen LogP contribution in [0.3, 0.4) is 0 Å². The van der Waals surface area contributed by atoms with Crippen LogP contribution in [0.15, 0.2) is 48.5 Å². The van der Waals surface area contributed by atoms with Crippen LogP contribution in [0.1, 0.15) is 11.1 Å². The van der Waals surface area contributed by atoms with Crippen molar-refractivity contribution in [1.29, 1.82) is 0 Å². The van der Waals surface area contributed by atoms with Crippen molar-refractivity contribution in [2.75, 3.05) is 7.11 Å². The van der Waals surface area contributed by atoms with E-state index in [0.717, 1.165) is 6.08 Å². The van der Waals surface area contributed by atoms with Crippen LogP contribution in [0.25, 0.3) is 6.08 Å². The molecular formula is C17H18O5. The third-order valence-corrected chi connectivity index (χ3v) is 2.66. The fourth-order valence-electron chi connectivity index (χ4n) is 1.51. The number of rotatable bonds is 3. The minimum atomic E-state index is -1.02. The molecule has 2 rings (SSSR count). The van der Waals surface area contributed by atoms with E-state index >= 15 is 0 Å². The summed E-state index contributed by atoms with van der Waals surface area (Å²) >= 11 is 0. The summed E-state index contributed by atoms with van der Waals surface area (Å²) in [7, 11) is 1.43. The molecule has 5 heteroatoms. The Labute approximate surface area is 128 Å². The average molecular weight is 302 g/mol. The molecule has 116 valence electrons. The molecule has 2 aromatic rings. The SMILES string of the molecule is COc1cc(/C=C/C(=O)O)ccc1O.Cc1ccc(O)cc1. The van der Waals surface area contributed by atoms with E-state index in [9.17, 15) is 9.90 Å². The molecule has 0 saturated heterocycles. The monoisotopic (exact) mass is 302 g/mol. The van der Waals surface area contributed by atoms with Crippen LogP contribution in [0.2, 0.25) is 0 Å². The molecule has 2 aromatic carbocycles. The zero-order valence-electron chi connectivity index (χ0n) is 12.4. The number of aliphatic carboxylic acids is 1. The van der Waals surface area contributed by atoms with Crippen LogP contribution in [0.4, 0.5) is 0 Å². The van der Waals surface area contributed by atoms with Gasteiger partial charge in [-0.1, -0.05) is 23.8 Å². The summed E-state index contributed by atoms with van der Waals surface area (Å²) in [6.07, 6.45) is 2.44. The number of hydrogen-bond donors (Lipinski definition) is 3. The van der Waals surface area contributed by atoms with Gasteiger partial charge in [0, 0.05) is 6.08 Å². The van der Waals surface area contributed by atoms with E-state index in [1.165, 1.54) is 24.8 Å². The zero-order chi connectivity index (χ0) is 16.5. The number of benzene rings is 2. The Bertz CT molecular complexity index is 624. The number of ether oxygens (including phenoxy) is 1. The first-order valence-electron chi connectivity index (χ1n) is 6.46. The van der Waals surface area contributed by atoms with Crippen molar-refractivity contribution in [2.45, 2.75) is 6.92 Å². The van der Waals surface area contributed by atoms with Gasteiger partial charge in [0.05, 0.1) is 7.11 Å². The van der Waals surface area contributed by atoms with Gasteiger partial charge in [0.15, 0.2) is 11.5 Å². The molecule has 3 N–H and O–H groups in total. The molecule has 0 atom stereocenters. The molecule has 0 bridgehead atoms. The number of aromatic hydroxyl groups is 2. The second kappa shape index (κ2) is 8.36. The number of aryl methyl sites for hydroxylation is 1. The van der Waals surface area contributed by atoms with Crippen molar-refractivity contribution in [3.05, 3.63) is 59.7 Å². The predicted octanol–water partition coefficient (Wildman–Crippen LogP) is 3.20. The van der Waals surface area contributed by atoms with E-state index < -0.39 is 5.97 Å². The van der Waals surface area contributed by atoms with E-state index in [2.05, 4.69) is 0 Å². The molecular weight excluding hydrogens is 284 g/mol. The summed E-state index contributed by atoms with van der Waals surface area (Å²) in [6.45, 7) is 1.99. The van der Waals surface area contributed by atoms with E-state index in [1.807, 2.05) is 19.1 Å². The molecule has 0 radical (unpaired) electrons. The molecule has 22 heavy (non-hydrogen) atoms. The zero-order valence-corrected chi connectivity index (χ0v) is 12.4. The van der Waals surface area contributed by atoms with Crippen LogP contribution in [-0.2, 0) is 4.79 Å². The lowest BCUT2D eigenvalue weighted by molar-refractivity contribution is -0.131. The van der Waals surface area contributed by atoms with Gasteiger partial charge in [-0.3, -0.25) is 0 Å².